The summed E-state index contributed by atoms with van der Waals surface area (Å²) in [5, 5.41) is 77.1. The van der Waals surface area contributed by atoms with Gasteiger partial charge in [-0.05, 0) is 94.4 Å². The summed E-state index contributed by atoms with van der Waals surface area (Å²) in [6.07, 6.45) is 13.6. The van der Waals surface area contributed by atoms with E-state index in [0.717, 1.165) is 95.8 Å². The van der Waals surface area contributed by atoms with E-state index in [1.165, 1.54) is 0 Å². The smallest absolute Gasteiger partial charge is 0.326 e. The zero-order valence-corrected chi connectivity index (χ0v) is 51.2. The number of nitrogens with one attached hydrogen (secondary N) is 4. The Morgan fingerprint density at radius 2 is 1.04 bits per heavy atom. The van der Waals surface area contributed by atoms with Crippen LogP contribution in [-0.4, -0.2) is 272 Å². The number of carboxylic acids is 7. The molecule has 1 aromatic carbocycles. The van der Waals surface area contributed by atoms with Crippen molar-refractivity contribution >= 4 is 77.3 Å². The van der Waals surface area contributed by atoms with Crippen molar-refractivity contribution < 1.29 is 78.9 Å². The Kier molecular flexibility index (Phi) is 32.0. The Morgan fingerprint density at radius 3 is 1.62 bits per heavy atom. The summed E-state index contributed by atoms with van der Waals surface area (Å²) in [4.78, 5) is 134. The van der Waals surface area contributed by atoms with Gasteiger partial charge in [-0.25, -0.2) is 9.59 Å². The predicted molar refractivity (Wildman–Crippen MR) is 328 cm³/mol. The minimum Gasteiger partial charge on any atom is -0.481 e. The zero-order valence-electron chi connectivity index (χ0n) is 51.2. The second kappa shape index (κ2) is 39.5. The minimum absolute atomic E-state index is 0.0533. The molecule has 2 aromatic rings. The standard InChI is InChI=1S/C59H94N14O16/c74-48(60-22-9-8-13-47(55(87)88)63-59(89)61-37-50(77)78)14-7-5-3-1-2-4-6-10-23-67-30-33-72(34-31-67)58-65-56(64-57(66-58)71-24-20-43(21-25-71)12-11-15-49(75)76)62-45-18-16-44(17-19-45)36-46-38-70(41-53(83)84)29-28-68(39-51(79)80)26-27-69(40-52(81)82)32-35-73(46)42-54(85)86/h16-19,43,46-47H,1-15,20-42H2,(H,60,74)(H,75,76)(H,77,78)(H,79,80)(H,81,82)(H,83,84)(H,85,86)(H,87,88)(H2,61,63,89)(H,62,64,65,66)/t46?,47-/m0/s1. The number of carbonyl (C=O) groups excluding carboxylic acids is 2. The lowest BCUT2D eigenvalue weighted by molar-refractivity contribution is -0.142. The quantitative estimate of drug-likeness (QED) is 0.0430. The van der Waals surface area contributed by atoms with Gasteiger partial charge < -0.3 is 66.8 Å². The van der Waals surface area contributed by atoms with E-state index >= 15 is 0 Å². The zero-order chi connectivity index (χ0) is 64.5. The van der Waals surface area contributed by atoms with Gasteiger partial charge in [0.05, 0.1) is 26.2 Å². The molecule has 0 spiro atoms. The third kappa shape index (κ3) is 29.6. The monoisotopic (exact) mass is 1250 g/mol. The van der Waals surface area contributed by atoms with Gasteiger partial charge in [-0.1, -0.05) is 50.7 Å². The van der Waals surface area contributed by atoms with Crippen LogP contribution in [0.15, 0.2) is 24.3 Å². The van der Waals surface area contributed by atoms with E-state index in [2.05, 4.69) is 36.0 Å². The molecule has 2 atom stereocenters. The van der Waals surface area contributed by atoms with Crippen LogP contribution in [0, 0.1) is 5.92 Å². The normalized spacial score (nSPS) is 17.6. The highest BCUT2D eigenvalue weighted by atomic mass is 16.4. The molecule has 11 N–H and O–H groups in total. The fourth-order valence-corrected chi connectivity index (χ4v) is 11.4. The summed E-state index contributed by atoms with van der Waals surface area (Å²) >= 11 is 0. The van der Waals surface area contributed by atoms with Crippen LogP contribution in [0.4, 0.5) is 28.3 Å². The van der Waals surface area contributed by atoms with Crippen LogP contribution < -0.4 is 31.1 Å². The molecule has 3 amide bonds. The Bertz CT molecular complexity index is 2570. The number of unbranched alkanes of at least 4 members (excludes halogenated alkanes) is 8. The third-order valence-electron chi connectivity index (χ3n) is 16.3. The number of hydrogen-bond acceptors (Lipinski definition) is 20. The second-order valence-electron chi connectivity index (χ2n) is 23.4. The molecule has 0 bridgehead atoms. The number of rotatable bonds is 38. The molecule has 3 saturated heterocycles. The predicted octanol–water partition coefficient (Wildman–Crippen LogP) is 2.31. The molecule has 1 aromatic heterocycles. The first-order chi connectivity index (χ1) is 42.7. The maximum absolute atomic E-state index is 12.3. The van der Waals surface area contributed by atoms with Gasteiger partial charge >= 0.3 is 47.8 Å². The Hall–Kier alpha value is -7.54. The Balaban J connectivity index is 1.12. The van der Waals surface area contributed by atoms with Crippen molar-refractivity contribution in [2.24, 2.45) is 5.92 Å². The first-order valence-electron chi connectivity index (χ1n) is 31.3. The van der Waals surface area contributed by atoms with Crippen molar-refractivity contribution in [2.75, 3.05) is 146 Å². The van der Waals surface area contributed by atoms with Gasteiger partial charge in [0.1, 0.15) is 12.6 Å². The van der Waals surface area contributed by atoms with E-state index in [0.29, 0.717) is 94.3 Å². The fourth-order valence-electron chi connectivity index (χ4n) is 11.4. The van der Waals surface area contributed by atoms with Crippen LogP contribution in [0.2, 0.25) is 0 Å². The van der Waals surface area contributed by atoms with E-state index in [1.54, 1.807) is 19.6 Å². The maximum atomic E-state index is 12.3. The van der Waals surface area contributed by atoms with E-state index in [-0.39, 0.29) is 90.7 Å². The van der Waals surface area contributed by atoms with Gasteiger partial charge in [0.2, 0.25) is 23.8 Å². The summed E-state index contributed by atoms with van der Waals surface area (Å²) in [6.45, 7) is 5.15. The molecule has 3 aliphatic rings. The number of benzene rings is 1. The van der Waals surface area contributed by atoms with Gasteiger partial charge in [-0.15, -0.1) is 0 Å². The lowest BCUT2D eigenvalue weighted by Gasteiger charge is -2.37. The highest BCUT2D eigenvalue weighted by Crippen LogP contribution is 2.28. The van der Waals surface area contributed by atoms with Crippen LogP contribution in [0.1, 0.15) is 115 Å². The summed E-state index contributed by atoms with van der Waals surface area (Å²) in [5.74, 6) is -5.80. The summed E-state index contributed by atoms with van der Waals surface area (Å²) < 4.78 is 0. The number of piperazine rings is 1. The van der Waals surface area contributed by atoms with Gasteiger partial charge in [0.15, 0.2) is 0 Å². The van der Waals surface area contributed by atoms with Crippen molar-refractivity contribution in [1.29, 1.82) is 0 Å². The van der Waals surface area contributed by atoms with Crippen molar-refractivity contribution in [3.8, 4) is 0 Å². The molecule has 30 nitrogen and oxygen atoms in total. The van der Waals surface area contributed by atoms with Crippen LogP contribution in [-0.2, 0) is 44.8 Å². The summed E-state index contributed by atoms with van der Waals surface area (Å²) in [6, 6.07) is 4.96. The molecule has 0 radical (unpaired) electrons. The van der Waals surface area contributed by atoms with Crippen molar-refractivity contribution in [1.82, 2.24) is 55.4 Å². The van der Waals surface area contributed by atoms with E-state index in [9.17, 15) is 73.8 Å². The maximum Gasteiger partial charge on any atom is 0.326 e. The van der Waals surface area contributed by atoms with Crippen LogP contribution >= 0.6 is 0 Å². The summed E-state index contributed by atoms with van der Waals surface area (Å²) in [5.41, 5.74) is 1.50. The van der Waals surface area contributed by atoms with E-state index in [1.807, 2.05) is 24.3 Å². The second-order valence-corrected chi connectivity index (χ2v) is 23.4. The third-order valence-corrected chi connectivity index (χ3v) is 16.3. The van der Waals surface area contributed by atoms with Crippen molar-refractivity contribution in [3.63, 3.8) is 0 Å². The Labute approximate surface area is 519 Å². The number of carbonyl (C=O) groups is 9. The fraction of sp³-hybridized carbons (Fsp3) is 0.695. The topological polar surface area (TPSA) is 405 Å². The SMILES string of the molecule is O=C(O)CCCC1CCN(c2nc(Nc3ccc(CC4CN(CC(=O)O)CCN(CC(=O)O)CCN(CC(=O)O)CCN4CC(=O)O)cc3)nc(N3CCN(CCCCCCCCCCC(=O)NCCCC[C@H](NC(=O)NCC(=O)O)C(=O)O)CC3)n2)CC1. The number of aliphatic carboxylic acids is 7. The molecule has 30 heteroatoms. The highest BCUT2D eigenvalue weighted by molar-refractivity contribution is 5.84. The minimum atomic E-state index is -1.25. The summed E-state index contributed by atoms with van der Waals surface area (Å²) in [7, 11) is 0. The molecule has 3 aliphatic heterocycles. The van der Waals surface area contributed by atoms with Crippen LogP contribution in [0.5, 0.6) is 0 Å². The van der Waals surface area contributed by atoms with Gasteiger partial charge in [-0.2, -0.15) is 15.0 Å². The lowest BCUT2D eigenvalue weighted by atomic mass is 9.92. The molecule has 0 aliphatic carbocycles. The molecule has 0 saturated carbocycles. The average molecular weight is 1260 g/mol. The van der Waals surface area contributed by atoms with Crippen molar-refractivity contribution in [2.45, 2.75) is 128 Å². The number of piperidine rings is 1. The molecular formula is C59H94N14O16. The molecule has 5 rings (SSSR count). The van der Waals surface area contributed by atoms with Crippen LogP contribution in [0.3, 0.4) is 0 Å². The number of aromatic nitrogens is 3. The molecule has 89 heavy (non-hydrogen) atoms. The molecule has 496 valence electrons. The number of carboxylic acid groups (broad SMARTS) is 7. The molecule has 4 heterocycles. The number of amides is 3. The largest absolute Gasteiger partial charge is 0.481 e. The molecule has 1 unspecified atom stereocenters. The van der Waals surface area contributed by atoms with Gasteiger partial charge in [0, 0.05) is 116 Å². The molecular weight excluding hydrogens is 1160 g/mol. The van der Waals surface area contributed by atoms with Crippen LogP contribution in [0.25, 0.3) is 0 Å². The first-order valence-corrected chi connectivity index (χ1v) is 31.3. The lowest BCUT2D eigenvalue weighted by Crippen LogP contribution is -2.53. The first kappa shape index (κ1) is 72.2. The molecule has 3 fully saturated rings. The average Bonchev–Trinajstić information content (AvgIpc) is 2.93. The van der Waals surface area contributed by atoms with E-state index < -0.39 is 66.4 Å². The van der Waals surface area contributed by atoms with Gasteiger partial charge in [0.25, 0.3) is 0 Å². The van der Waals surface area contributed by atoms with Crippen molar-refractivity contribution in [3.05, 3.63) is 29.8 Å². The number of nitrogens with zero attached hydrogens (tertiary/aromatic N) is 10. The number of anilines is 4. The van der Waals surface area contributed by atoms with E-state index in [4.69, 9.17) is 20.1 Å². The Morgan fingerprint density at radius 1 is 0.506 bits per heavy atom. The van der Waals surface area contributed by atoms with Gasteiger partial charge in [-0.3, -0.25) is 58.1 Å². The number of urea groups is 1. The highest BCUT2D eigenvalue weighted by Gasteiger charge is 2.30. The number of hydrogen-bond donors (Lipinski definition) is 11.